The van der Waals surface area contributed by atoms with Crippen LogP contribution in [0.5, 0.6) is 0 Å². The second-order valence-corrected chi connectivity index (χ2v) is 8.19. The Bertz CT molecular complexity index is 1100. The molecule has 0 radical (unpaired) electrons. The van der Waals surface area contributed by atoms with Crippen LogP contribution in [0.3, 0.4) is 0 Å². The van der Waals surface area contributed by atoms with Gasteiger partial charge in [-0.1, -0.05) is 30.3 Å². The molecule has 0 saturated carbocycles. The highest BCUT2D eigenvalue weighted by molar-refractivity contribution is 7.91. The predicted octanol–water partition coefficient (Wildman–Crippen LogP) is 3.25. The molecule has 28 heavy (non-hydrogen) atoms. The van der Waals surface area contributed by atoms with Gasteiger partial charge < -0.3 is 5.32 Å². The number of nitro benzene ring substituents is 1. The van der Waals surface area contributed by atoms with Gasteiger partial charge in [-0.3, -0.25) is 10.1 Å². The molecule has 3 aromatic rings. The average Bonchev–Trinajstić information content (AvgIpc) is 2.68. The van der Waals surface area contributed by atoms with Crippen molar-refractivity contribution in [1.29, 1.82) is 0 Å². The Morgan fingerprint density at radius 1 is 1.04 bits per heavy atom. The summed E-state index contributed by atoms with van der Waals surface area (Å²) in [5, 5.41) is 14.0. The number of anilines is 1. The van der Waals surface area contributed by atoms with E-state index in [-0.39, 0.29) is 22.9 Å². The molecule has 1 N–H and O–H groups in total. The summed E-state index contributed by atoms with van der Waals surface area (Å²) >= 11 is 0. The molecule has 0 aliphatic rings. The van der Waals surface area contributed by atoms with Crippen LogP contribution in [-0.4, -0.2) is 35.6 Å². The van der Waals surface area contributed by atoms with Gasteiger partial charge in [0.1, 0.15) is 5.82 Å². The topological polar surface area (TPSA) is 115 Å². The number of nitrogens with zero attached hydrogens (tertiary/aromatic N) is 3. The summed E-state index contributed by atoms with van der Waals surface area (Å²) in [6, 6.07) is 16.0. The SMILES string of the molecule is Cc1cc(NCCS(=O)(=O)c2ccccc2)nc(-c2cccc([N+](=O)[O-])c2)n1. The van der Waals surface area contributed by atoms with Gasteiger partial charge in [0.15, 0.2) is 15.7 Å². The van der Waals surface area contributed by atoms with Crippen molar-refractivity contribution in [2.45, 2.75) is 11.8 Å². The molecule has 0 saturated heterocycles. The number of benzene rings is 2. The standard InChI is InChI=1S/C19H18N4O4S/c1-14-12-18(20-10-11-28(26,27)17-8-3-2-4-9-17)22-19(21-14)15-6-5-7-16(13-15)23(24)25/h2-9,12-13H,10-11H2,1H3,(H,20,21,22). The third-order valence-corrected chi connectivity index (χ3v) is 5.68. The zero-order chi connectivity index (χ0) is 20.1. The van der Waals surface area contributed by atoms with Gasteiger partial charge in [0.2, 0.25) is 0 Å². The molecule has 2 aromatic carbocycles. The highest BCUT2D eigenvalue weighted by Gasteiger charge is 2.14. The van der Waals surface area contributed by atoms with Crippen molar-refractivity contribution < 1.29 is 13.3 Å². The molecule has 1 aromatic heterocycles. The number of non-ortho nitro benzene ring substituents is 1. The minimum absolute atomic E-state index is 0.0499. The number of nitro groups is 1. The predicted molar refractivity (Wildman–Crippen MR) is 106 cm³/mol. The molecule has 8 nitrogen and oxygen atoms in total. The third-order valence-electron chi connectivity index (χ3n) is 3.95. The van der Waals surface area contributed by atoms with E-state index in [0.29, 0.717) is 22.9 Å². The van der Waals surface area contributed by atoms with Gasteiger partial charge in [-0.2, -0.15) is 0 Å². The van der Waals surface area contributed by atoms with Crippen LogP contribution in [-0.2, 0) is 9.84 Å². The molecule has 0 unspecified atom stereocenters. The maximum absolute atomic E-state index is 12.3. The maximum Gasteiger partial charge on any atom is 0.270 e. The van der Waals surface area contributed by atoms with E-state index in [4.69, 9.17) is 0 Å². The molecule has 0 aliphatic heterocycles. The Morgan fingerprint density at radius 2 is 1.79 bits per heavy atom. The van der Waals surface area contributed by atoms with Crippen molar-refractivity contribution in [2.24, 2.45) is 0 Å². The molecule has 0 fully saturated rings. The number of aromatic nitrogens is 2. The summed E-state index contributed by atoms with van der Waals surface area (Å²) in [5.74, 6) is 0.695. The second kappa shape index (κ2) is 8.13. The van der Waals surface area contributed by atoms with Gasteiger partial charge in [0, 0.05) is 36.0 Å². The van der Waals surface area contributed by atoms with Crippen LogP contribution in [0.2, 0.25) is 0 Å². The monoisotopic (exact) mass is 398 g/mol. The minimum Gasteiger partial charge on any atom is -0.369 e. The maximum atomic E-state index is 12.3. The number of sulfone groups is 1. The van der Waals surface area contributed by atoms with Crippen molar-refractivity contribution in [3.05, 3.63) is 76.5 Å². The highest BCUT2D eigenvalue weighted by atomic mass is 32.2. The number of hydrogen-bond acceptors (Lipinski definition) is 7. The summed E-state index contributed by atoms with van der Waals surface area (Å²) < 4.78 is 24.7. The van der Waals surface area contributed by atoms with Crippen LogP contribution in [0.25, 0.3) is 11.4 Å². The molecule has 0 aliphatic carbocycles. The quantitative estimate of drug-likeness (QED) is 0.480. The summed E-state index contributed by atoms with van der Waals surface area (Å²) in [4.78, 5) is 19.4. The fraction of sp³-hybridized carbons (Fsp3) is 0.158. The third kappa shape index (κ3) is 4.68. The van der Waals surface area contributed by atoms with E-state index in [0.717, 1.165) is 0 Å². The van der Waals surface area contributed by atoms with E-state index in [2.05, 4.69) is 15.3 Å². The first-order valence-corrected chi connectivity index (χ1v) is 10.1. The number of rotatable bonds is 7. The van der Waals surface area contributed by atoms with Gasteiger partial charge in [0.25, 0.3) is 5.69 Å². The van der Waals surface area contributed by atoms with Crippen LogP contribution in [0, 0.1) is 17.0 Å². The van der Waals surface area contributed by atoms with Crippen LogP contribution >= 0.6 is 0 Å². The molecule has 9 heteroatoms. The van der Waals surface area contributed by atoms with Gasteiger partial charge in [-0.25, -0.2) is 18.4 Å². The van der Waals surface area contributed by atoms with Crippen LogP contribution < -0.4 is 5.32 Å². The summed E-state index contributed by atoms with van der Waals surface area (Å²) in [6.45, 7) is 1.94. The second-order valence-electron chi connectivity index (χ2n) is 6.08. The van der Waals surface area contributed by atoms with Crippen molar-refractivity contribution in [1.82, 2.24) is 9.97 Å². The van der Waals surface area contributed by atoms with Crippen molar-refractivity contribution in [2.75, 3.05) is 17.6 Å². The molecule has 1 heterocycles. The van der Waals surface area contributed by atoms with E-state index in [1.807, 2.05) is 0 Å². The fourth-order valence-electron chi connectivity index (χ4n) is 2.61. The molecular weight excluding hydrogens is 380 g/mol. The largest absolute Gasteiger partial charge is 0.369 e. The van der Waals surface area contributed by atoms with Crippen LogP contribution in [0.15, 0.2) is 65.6 Å². The van der Waals surface area contributed by atoms with Gasteiger partial charge in [0.05, 0.1) is 15.6 Å². The van der Waals surface area contributed by atoms with E-state index in [1.165, 1.54) is 12.1 Å². The van der Waals surface area contributed by atoms with Crippen LogP contribution in [0.1, 0.15) is 5.69 Å². The molecule has 0 atom stereocenters. The highest BCUT2D eigenvalue weighted by Crippen LogP contribution is 2.22. The first-order chi connectivity index (χ1) is 13.3. The lowest BCUT2D eigenvalue weighted by Crippen LogP contribution is -2.16. The van der Waals surface area contributed by atoms with Crippen LogP contribution in [0.4, 0.5) is 11.5 Å². The lowest BCUT2D eigenvalue weighted by molar-refractivity contribution is -0.384. The van der Waals surface area contributed by atoms with Crippen molar-refractivity contribution in [3.8, 4) is 11.4 Å². The normalized spacial score (nSPS) is 11.2. The molecular formula is C19H18N4O4S. The van der Waals surface area contributed by atoms with Gasteiger partial charge in [-0.15, -0.1) is 0 Å². The molecule has 144 valence electrons. The first kappa shape index (κ1) is 19.4. The Hall–Kier alpha value is -3.33. The van der Waals surface area contributed by atoms with E-state index in [1.54, 1.807) is 55.5 Å². The molecule has 0 bridgehead atoms. The number of aryl methyl sites for hydroxylation is 1. The zero-order valence-corrected chi connectivity index (χ0v) is 15.9. The van der Waals surface area contributed by atoms with Crippen molar-refractivity contribution >= 4 is 21.3 Å². The molecule has 3 rings (SSSR count). The Labute approximate surface area is 162 Å². The van der Waals surface area contributed by atoms with Crippen molar-refractivity contribution in [3.63, 3.8) is 0 Å². The molecule has 0 amide bonds. The summed E-state index contributed by atoms with van der Waals surface area (Å²) in [6.07, 6.45) is 0. The Kier molecular flexibility index (Phi) is 5.65. The minimum atomic E-state index is -3.40. The zero-order valence-electron chi connectivity index (χ0n) is 15.1. The van der Waals surface area contributed by atoms with E-state index in [9.17, 15) is 18.5 Å². The van der Waals surface area contributed by atoms with Gasteiger partial charge >= 0.3 is 0 Å². The lowest BCUT2D eigenvalue weighted by Gasteiger charge is -2.09. The Balaban J connectivity index is 1.75. The van der Waals surface area contributed by atoms with E-state index >= 15 is 0 Å². The molecule has 0 spiro atoms. The lowest BCUT2D eigenvalue weighted by atomic mass is 10.2. The number of nitrogens with one attached hydrogen (secondary N) is 1. The summed E-state index contributed by atoms with van der Waals surface area (Å²) in [7, 11) is -3.40. The van der Waals surface area contributed by atoms with Gasteiger partial charge in [-0.05, 0) is 19.1 Å². The first-order valence-electron chi connectivity index (χ1n) is 8.47. The fourth-order valence-corrected chi connectivity index (χ4v) is 3.78. The smallest absolute Gasteiger partial charge is 0.270 e. The Morgan fingerprint density at radius 3 is 2.50 bits per heavy atom. The van der Waals surface area contributed by atoms with E-state index < -0.39 is 14.8 Å². The summed E-state index contributed by atoms with van der Waals surface area (Å²) in [5.41, 5.74) is 1.12. The number of hydrogen-bond donors (Lipinski definition) is 1. The average molecular weight is 398 g/mol.